The Labute approximate surface area is 85.5 Å². The molecule has 0 aromatic heterocycles. The van der Waals surface area contributed by atoms with Crippen molar-refractivity contribution in [3.63, 3.8) is 0 Å². The van der Waals surface area contributed by atoms with Crippen LogP contribution in [0.25, 0.3) is 0 Å². The predicted octanol–water partition coefficient (Wildman–Crippen LogP) is 0.292. The third-order valence-electron chi connectivity index (χ3n) is 3.67. The van der Waals surface area contributed by atoms with Crippen LogP contribution in [0.3, 0.4) is 0 Å². The number of rotatable bonds is 1. The summed E-state index contributed by atoms with van der Waals surface area (Å²) in [6, 6.07) is -0.185. The summed E-state index contributed by atoms with van der Waals surface area (Å²) in [6.45, 7) is 2.46. The van der Waals surface area contributed by atoms with Gasteiger partial charge >= 0.3 is 0 Å². The summed E-state index contributed by atoms with van der Waals surface area (Å²) in [7, 11) is -3.07. The lowest BCUT2D eigenvalue weighted by Gasteiger charge is -2.35. The molecule has 1 spiro atoms. The van der Waals surface area contributed by atoms with Crippen molar-refractivity contribution in [3.05, 3.63) is 0 Å². The zero-order valence-electron chi connectivity index (χ0n) is 8.57. The molecule has 0 aromatic carbocycles. The topological polar surface area (TPSA) is 63.4 Å². The summed E-state index contributed by atoms with van der Waals surface area (Å²) in [5.41, 5.74) is 5.77. The molecule has 2 rings (SSSR count). The van der Waals surface area contributed by atoms with Crippen LogP contribution in [0, 0.1) is 0 Å². The minimum atomic E-state index is -3.07. The molecule has 1 saturated heterocycles. The molecule has 4 nitrogen and oxygen atoms in total. The summed E-state index contributed by atoms with van der Waals surface area (Å²) >= 11 is 0. The lowest BCUT2D eigenvalue weighted by molar-refractivity contribution is 0.194. The van der Waals surface area contributed by atoms with Crippen molar-refractivity contribution >= 4 is 10.0 Å². The van der Waals surface area contributed by atoms with Crippen molar-refractivity contribution < 1.29 is 8.42 Å². The second-order valence-corrected chi connectivity index (χ2v) is 6.30. The zero-order valence-corrected chi connectivity index (χ0v) is 9.39. The van der Waals surface area contributed by atoms with Gasteiger partial charge in [-0.3, -0.25) is 0 Å². The number of likely N-dealkylation sites (N-methyl/N-ethyl adjacent to an activating group) is 1. The SMILES string of the molecule is CCN1C2(CCCC2)C(N)CS1(=O)=O. The van der Waals surface area contributed by atoms with Crippen molar-refractivity contribution in [2.24, 2.45) is 5.73 Å². The first-order chi connectivity index (χ1) is 6.53. The molecular weight excluding hydrogens is 200 g/mol. The van der Waals surface area contributed by atoms with Gasteiger partial charge < -0.3 is 5.73 Å². The van der Waals surface area contributed by atoms with Gasteiger partial charge in [-0.1, -0.05) is 19.8 Å². The Kier molecular flexibility index (Phi) is 2.36. The highest BCUT2D eigenvalue weighted by Gasteiger charge is 2.55. The molecule has 82 valence electrons. The quantitative estimate of drug-likeness (QED) is 0.688. The van der Waals surface area contributed by atoms with Crippen molar-refractivity contribution in [2.45, 2.75) is 44.2 Å². The molecule has 1 saturated carbocycles. The lowest BCUT2D eigenvalue weighted by Crippen LogP contribution is -2.52. The van der Waals surface area contributed by atoms with E-state index < -0.39 is 10.0 Å². The lowest BCUT2D eigenvalue weighted by atomic mass is 9.90. The van der Waals surface area contributed by atoms with Gasteiger partial charge in [-0.25, -0.2) is 8.42 Å². The van der Waals surface area contributed by atoms with E-state index in [0.717, 1.165) is 25.7 Å². The van der Waals surface area contributed by atoms with Gasteiger partial charge in [0.2, 0.25) is 10.0 Å². The largest absolute Gasteiger partial charge is 0.325 e. The average molecular weight is 218 g/mol. The van der Waals surface area contributed by atoms with Gasteiger partial charge in [-0.05, 0) is 12.8 Å². The molecule has 2 aliphatic rings. The second-order valence-electron chi connectivity index (χ2n) is 4.36. The number of nitrogens with zero attached hydrogens (tertiary/aromatic N) is 1. The highest BCUT2D eigenvalue weighted by molar-refractivity contribution is 7.89. The van der Waals surface area contributed by atoms with Gasteiger partial charge in [-0.2, -0.15) is 4.31 Å². The Morgan fingerprint density at radius 3 is 2.50 bits per heavy atom. The Morgan fingerprint density at radius 1 is 1.43 bits per heavy atom. The minimum absolute atomic E-state index is 0.140. The van der Waals surface area contributed by atoms with Crippen LogP contribution >= 0.6 is 0 Å². The van der Waals surface area contributed by atoms with Crippen molar-refractivity contribution in [1.82, 2.24) is 4.31 Å². The first kappa shape index (κ1) is 10.4. The maximum absolute atomic E-state index is 11.8. The van der Waals surface area contributed by atoms with E-state index in [2.05, 4.69) is 0 Å². The van der Waals surface area contributed by atoms with Crippen LogP contribution in [-0.2, 0) is 10.0 Å². The molecule has 1 unspecified atom stereocenters. The van der Waals surface area contributed by atoms with E-state index in [1.807, 2.05) is 6.92 Å². The molecule has 1 heterocycles. The predicted molar refractivity (Wildman–Crippen MR) is 55.3 cm³/mol. The second kappa shape index (κ2) is 3.18. The van der Waals surface area contributed by atoms with Gasteiger partial charge in [0.1, 0.15) is 0 Å². The molecule has 0 bridgehead atoms. The Balaban J connectivity index is 2.40. The number of hydrogen-bond donors (Lipinski definition) is 1. The van der Waals surface area contributed by atoms with Crippen LogP contribution in [0.2, 0.25) is 0 Å². The zero-order chi connectivity index (χ0) is 10.4. The fourth-order valence-corrected chi connectivity index (χ4v) is 5.26. The van der Waals surface area contributed by atoms with E-state index in [-0.39, 0.29) is 17.3 Å². The van der Waals surface area contributed by atoms with Crippen LogP contribution in [0.15, 0.2) is 0 Å². The first-order valence-electron chi connectivity index (χ1n) is 5.29. The molecule has 1 aliphatic carbocycles. The van der Waals surface area contributed by atoms with E-state index in [4.69, 9.17) is 5.73 Å². The summed E-state index contributed by atoms with van der Waals surface area (Å²) in [6.07, 6.45) is 4.11. The molecular formula is C9H18N2O2S. The third kappa shape index (κ3) is 1.22. The Bertz CT molecular complexity index is 320. The molecule has 2 fully saturated rings. The normalized spacial score (nSPS) is 35.4. The van der Waals surface area contributed by atoms with Gasteiger partial charge in [0.05, 0.1) is 11.3 Å². The van der Waals surface area contributed by atoms with Gasteiger partial charge in [-0.15, -0.1) is 0 Å². The average Bonchev–Trinajstić information content (AvgIpc) is 2.59. The fourth-order valence-electron chi connectivity index (χ4n) is 3.05. The van der Waals surface area contributed by atoms with Crippen molar-refractivity contribution in [3.8, 4) is 0 Å². The summed E-state index contributed by atoms with van der Waals surface area (Å²) in [5, 5.41) is 0. The number of sulfonamides is 1. The van der Waals surface area contributed by atoms with Crippen molar-refractivity contribution in [1.29, 1.82) is 0 Å². The standard InChI is InChI=1S/C9H18N2O2S/c1-2-11-9(5-3-4-6-9)8(10)7-14(11,12)13/h8H,2-7,10H2,1H3. The highest BCUT2D eigenvalue weighted by Crippen LogP contribution is 2.43. The van der Waals surface area contributed by atoms with Crippen LogP contribution < -0.4 is 5.73 Å². The van der Waals surface area contributed by atoms with Crippen molar-refractivity contribution in [2.75, 3.05) is 12.3 Å². The molecule has 5 heteroatoms. The van der Waals surface area contributed by atoms with Gasteiger partial charge in [0, 0.05) is 12.6 Å². The maximum atomic E-state index is 11.8. The van der Waals surface area contributed by atoms with Gasteiger partial charge in [0.15, 0.2) is 0 Å². The Morgan fingerprint density at radius 2 is 2.00 bits per heavy atom. The third-order valence-corrected chi connectivity index (χ3v) is 5.74. The van der Waals surface area contributed by atoms with E-state index in [0.29, 0.717) is 6.54 Å². The Hall–Kier alpha value is -0.130. The van der Waals surface area contributed by atoms with E-state index in [1.54, 1.807) is 4.31 Å². The number of hydrogen-bond acceptors (Lipinski definition) is 3. The molecule has 14 heavy (non-hydrogen) atoms. The van der Waals surface area contributed by atoms with Gasteiger partial charge in [0.25, 0.3) is 0 Å². The monoisotopic (exact) mass is 218 g/mol. The summed E-state index contributed by atoms with van der Waals surface area (Å²) in [4.78, 5) is 0. The summed E-state index contributed by atoms with van der Waals surface area (Å²) in [5.74, 6) is 0.140. The van der Waals surface area contributed by atoms with Crippen LogP contribution in [0.1, 0.15) is 32.6 Å². The minimum Gasteiger partial charge on any atom is -0.325 e. The smallest absolute Gasteiger partial charge is 0.216 e. The molecule has 2 N–H and O–H groups in total. The van der Waals surface area contributed by atoms with Crippen LogP contribution in [0.5, 0.6) is 0 Å². The summed E-state index contributed by atoms with van der Waals surface area (Å²) < 4.78 is 25.3. The van der Waals surface area contributed by atoms with E-state index >= 15 is 0 Å². The molecule has 1 aliphatic heterocycles. The number of nitrogens with two attached hydrogens (primary N) is 1. The molecule has 0 radical (unpaired) electrons. The molecule has 0 aromatic rings. The maximum Gasteiger partial charge on any atom is 0.216 e. The molecule has 1 atom stereocenters. The molecule has 0 amide bonds. The van der Waals surface area contributed by atoms with Crippen LogP contribution in [-0.4, -0.2) is 36.6 Å². The fraction of sp³-hybridized carbons (Fsp3) is 1.00. The highest BCUT2D eigenvalue weighted by atomic mass is 32.2. The van der Waals surface area contributed by atoms with Crippen LogP contribution in [0.4, 0.5) is 0 Å². The first-order valence-corrected chi connectivity index (χ1v) is 6.90. The van der Waals surface area contributed by atoms with E-state index in [1.165, 1.54) is 0 Å². The van der Waals surface area contributed by atoms with E-state index in [9.17, 15) is 8.42 Å².